The lowest BCUT2D eigenvalue weighted by atomic mass is 9.95. The van der Waals surface area contributed by atoms with Crippen LogP contribution in [0.5, 0.6) is 0 Å². The van der Waals surface area contributed by atoms with Crippen LogP contribution >= 0.6 is 0 Å². The molecule has 1 saturated heterocycles. The number of aliphatic hydroxyl groups is 1. The standard InChI is InChI=1S/C50H87N13O11/c1-12-18-34(43(68)59-39(28(7)13-2)46(71)57-35(19-16-23-54-50(51)52)49(74)63-24-17-20-36(63)44(69)53-15-4)56-48(73)41(30(9)64)61-47(72)40(29(8)14-3)60-45(70)38(27(5)6)58-42(67)32-21-22-33(25-32)55-37(66)26-62(11)31(10)65/h21-22,27-30,32-36,38-41,64H,12-20,23-26H2,1-11H3,(H,53,69)(H,55,66)(H,56,73)(H,57,71)(H,58,67)(H,59,68)(H,60,70)(H,61,72)(H4,51,52,54)/t28-,29-,30+,32+,33-,34-,35-,36-,38-,39-,40+,41-/m0/s1. The Balaban J connectivity index is 2.26. The molecule has 0 aromatic carbocycles. The number of guanidine groups is 1. The zero-order chi connectivity index (χ0) is 56.0. The van der Waals surface area contributed by atoms with Crippen molar-refractivity contribution in [1.82, 2.24) is 52.3 Å². The Hall–Kier alpha value is -6.33. The minimum absolute atomic E-state index is 0.0908. The summed E-state index contributed by atoms with van der Waals surface area (Å²) >= 11 is 0. The Bertz CT molecular complexity index is 2010. The number of aliphatic hydroxyl groups excluding tert-OH is 1. The van der Waals surface area contributed by atoms with Gasteiger partial charge in [0.15, 0.2) is 5.96 Å². The van der Waals surface area contributed by atoms with Crippen molar-refractivity contribution >= 4 is 65.0 Å². The van der Waals surface area contributed by atoms with Gasteiger partial charge in [0.1, 0.15) is 42.3 Å². The highest BCUT2D eigenvalue weighted by Crippen LogP contribution is 2.22. The van der Waals surface area contributed by atoms with Crippen molar-refractivity contribution in [2.24, 2.45) is 40.1 Å². The smallest absolute Gasteiger partial charge is 0.245 e. The van der Waals surface area contributed by atoms with Crippen molar-refractivity contribution in [3.05, 3.63) is 12.2 Å². The average Bonchev–Trinajstić information content (AvgIpc) is 4.03. The second-order valence-corrected chi connectivity index (χ2v) is 19.9. The zero-order valence-electron chi connectivity index (χ0n) is 45.4. The Morgan fingerprint density at radius 1 is 0.716 bits per heavy atom. The van der Waals surface area contributed by atoms with Gasteiger partial charge in [-0.15, -0.1) is 0 Å². The molecule has 0 aromatic rings. The van der Waals surface area contributed by atoms with Crippen LogP contribution in [0.1, 0.15) is 127 Å². The minimum Gasteiger partial charge on any atom is -0.391 e. The Morgan fingerprint density at radius 2 is 1.27 bits per heavy atom. The van der Waals surface area contributed by atoms with Gasteiger partial charge in [-0.3, -0.25) is 52.9 Å². The fourth-order valence-corrected chi connectivity index (χ4v) is 8.56. The fraction of sp³-hybridized carbons (Fsp3) is 0.740. The van der Waals surface area contributed by atoms with Gasteiger partial charge in [0, 0.05) is 39.6 Å². The Labute approximate surface area is 436 Å². The molecule has 1 aliphatic heterocycles. The van der Waals surface area contributed by atoms with E-state index in [0.717, 1.165) is 0 Å². The first-order valence-electron chi connectivity index (χ1n) is 26.1. The normalized spacial score (nSPS) is 19.7. The van der Waals surface area contributed by atoms with Gasteiger partial charge >= 0.3 is 0 Å². The van der Waals surface area contributed by atoms with Crippen molar-refractivity contribution in [2.45, 2.75) is 181 Å². The van der Waals surface area contributed by atoms with Crippen LogP contribution in [0.15, 0.2) is 17.1 Å². The molecule has 0 radical (unpaired) electrons. The Morgan fingerprint density at radius 3 is 1.81 bits per heavy atom. The highest BCUT2D eigenvalue weighted by atomic mass is 16.3. The van der Waals surface area contributed by atoms with Crippen molar-refractivity contribution in [1.29, 1.82) is 0 Å². The third-order valence-electron chi connectivity index (χ3n) is 13.5. The molecule has 24 nitrogen and oxygen atoms in total. The van der Waals surface area contributed by atoms with Gasteiger partial charge in [-0.2, -0.15) is 0 Å². The van der Waals surface area contributed by atoms with E-state index in [9.17, 15) is 53.1 Å². The van der Waals surface area contributed by atoms with Crippen molar-refractivity contribution in [3.8, 4) is 0 Å². The number of carbonyl (C=O) groups is 10. The number of hydrogen-bond donors (Lipinski definition) is 11. The zero-order valence-corrected chi connectivity index (χ0v) is 45.4. The molecule has 418 valence electrons. The molecule has 2 aliphatic rings. The fourth-order valence-electron chi connectivity index (χ4n) is 8.56. The number of nitrogens with zero attached hydrogens (tertiary/aromatic N) is 3. The SMILES string of the molecule is CCC[C@H](NC(=O)[C@@H](NC(=O)[C@H](NC(=O)[C@@H](NC(=O)[C@@H]1C=C[C@H](NC(=O)CN(C)C(C)=O)C1)C(C)C)[C@@H](C)CC)[C@@H](C)O)C(=O)N[C@H](C(=O)N[C@@H](CCCN=C(N)N)C(=O)N1CCC[C@H]1C(=O)NCC)[C@@H](C)CC. The summed E-state index contributed by atoms with van der Waals surface area (Å²) in [6, 6.07) is -8.69. The van der Waals surface area contributed by atoms with Crippen LogP contribution in [-0.2, 0) is 47.9 Å². The summed E-state index contributed by atoms with van der Waals surface area (Å²) in [5.41, 5.74) is 11.0. The summed E-state index contributed by atoms with van der Waals surface area (Å²) in [5.74, 6) is -7.98. The summed E-state index contributed by atoms with van der Waals surface area (Å²) < 4.78 is 0. The van der Waals surface area contributed by atoms with Crippen LogP contribution in [0.25, 0.3) is 0 Å². The van der Waals surface area contributed by atoms with Gasteiger partial charge in [0.05, 0.1) is 18.6 Å². The number of rotatable bonds is 30. The van der Waals surface area contributed by atoms with Gasteiger partial charge in [-0.1, -0.05) is 79.9 Å². The van der Waals surface area contributed by atoms with E-state index in [4.69, 9.17) is 11.5 Å². The van der Waals surface area contributed by atoms with Crippen LogP contribution in [0.3, 0.4) is 0 Å². The lowest BCUT2D eigenvalue weighted by Crippen LogP contribution is -2.63. The molecular weight excluding hydrogens is 959 g/mol. The monoisotopic (exact) mass is 1050 g/mol. The predicted molar refractivity (Wildman–Crippen MR) is 278 cm³/mol. The van der Waals surface area contributed by atoms with Gasteiger partial charge in [0.2, 0.25) is 59.1 Å². The molecule has 24 heteroatoms. The second-order valence-electron chi connectivity index (χ2n) is 19.9. The maximum atomic E-state index is 14.2. The highest BCUT2D eigenvalue weighted by molar-refractivity contribution is 5.98. The van der Waals surface area contributed by atoms with Crippen molar-refractivity contribution in [2.75, 3.05) is 33.2 Å². The quantitative estimate of drug-likeness (QED) is 0.0170. The molecule has 1 aliphatic carbocycles. The first-order valence-corrected chi connectivity index (χ1v) is 26.1. The molecule has 0 spiro atoms. The van der Waals surface area contributed by atoms with Crippen molar-refractivity contribution < 1.29 is 53.1 Å². The number of nitrogens with two attached hydrogens (primary N) is 2. The summed E-state index contributed by atoms with van der Waals surface area (Å²) in [6.07, 6.45) is 4.78. The maximum Gasteiger partial charge on any atom is 0.245 e. The van der Waals surface area contributed by atoms with Crippen LogP contribution in [-0.4, -0.2) is 168 Å². The van der Waals surface area contributed by atoms with Crippen LogP contribution < -0.4 is 54.0 Å². The molecule has 13 N–H and O–H groups in total. The van der Waals surface area contributed by atoms with E-state index < -0.39 is 125 Å². The van der Waals surface area contributed by atoms with Gasteiger partial charge < -0.3 is 68.9 Å². The van der Waals surface area contributed by atoms with Gasteiger partial charge in [0.25, 0.3) is 0 Å². The summed E-state index contributed by atoms with van der Waals surface area (Å²) in [7, 11) is 1.49. The Kier molecular flexibility index (Phi) is 27.1. The third kappa shape index (κ3) is 19.8. The molecule has 74 heavy (non-hydrogen) atoms. The molecule has 0 saturated carbocycles. The van der Waals surface area contributed by atoms with E-state index in [0.29, 0.717) is 51.6 Å². The van der Waals surface area contributed by atoms with E-state index in [2.05, 4.69) is 47.5 Å². The number of hydrogen-bond acceptors (Lipinski definition) is 12. The number of likely N-dealkylation sites (N-methyl/N-ethyl adjacent to an activating group) is 2. The van der Waals surface area contributed by atoms with Crippen molar-refractivity contribution in [3.63, 3.8) is 0 Å². The summed E-state index contributed by atoms with van der Waals surface area (Å²) in [6.45, 7) is 17.4. The molecule has 1 heterocycles. The molecule has 10 amide bonds. The van der Waals surface area contributed by atoms with Crippen LogP contribution in [0, 0.1) is 23.7 Å². The van der Waals surface area contributed by atoms with Gasteiger partial charge in [-0.05, 0) is 70.1 Å². The number of nitrogens with one attached hydrogen (secondary N) is 8. The van der Waals surface area contributed by atoms with E-state index in [1.54, 1.807) is 60.6 Å². The third-order valence-corrected chi connectivity index (χ3v) is 13.5. The molecule has 0 bridgehead atoms. The number of amides is 10. The molecule has 2 rings (SSSR count). The first-order chi connectivity index (χ1) is 34.8. The van der Waals surface area contributed by atoms with E-state index in [1.165, 1.54) is 30.7 Å². The topological polar surface area (TPSA) is 358 Å². The first kappa shape index (κ1) is 63.8. The summed E-state index contributed by atoms with van der Waals surface area (Å²) in [5, 5.41) is 32.7. The molecule has 0 aromatic heterocycles. The van der Waals surface area contributed by atoms with E-state index in [-0.39, 0.29) is 50.1 Å². The predicted octanol–water partition coefficient (Wildman–Crippen LogP) is -1.46. The largest absolute Gasteiger partial charge is 0.391 e. The number of likely N-dealkylation sites (tertiary alicyclic amines) is 1. The van der Waals surface area contributed by atoms with Crippen LogP contribution in [0.2, 0.25) is 0 Å². The maximum absolute atomic E-state index is 14.2. The molecule has 1 fully saturated rings. The molecule has 0 unspecified atom stereocenters. The van der Waals surface area contributed by atoms with Gasteiger partial charge in [-0.25, -0.2) is 0 Å². The number of carbonyl (C=O) groups excluding carboxylic acids is 10. The van der Waals surface area contributed by atoms with Crippen LogP contribution in [0.4, 0.5) is 0 Å². The lowest BCUT2D eigenvalue weighted by Gasteiger charge is -2.32. The van der Waals surface area contributed by atoms with E-state index in [1.807, 2.05) is 6.92 Å². The highest BCUT2D eigenvalue weighted by Gasteiger charge is 2.40. The minimum atomic E-state index is -1.61. The summed E-state index contributed by atoms with van der Waals surface area (Å²) in [4.78, 5) is 141. The molecule has 12 atom stereocenters. The van der Waals surface area contributed by atoms with E-state index >= 15 is 0 Å². The average molecular weight is 1050 g/mol. The second kappa shape index (κ2) is 31.4. The lowest BCUT2D eigenvalue weighted by molar-refractivity contribution is -0.142. The molecular formula is C50H87N13O11. The number of aliphatic imine (C=N–C) groups is 1.